The van der Waals surface area contributed by atoms with Gasteiger partial charge in [0, 0.05) is 69.9 Å². The van der Waals surface area contributed by atoms with Gasteiger partial charge in [0.05, 0.1) is 11.7 Å². The number of anilines is 1. The summed E-state index contributed by atoms with van der Waals surface area (Å²) in [5, 5.41) is 3.07. The van der Waals surface area contributed by atoms with Crippen molar-refractivity contribution in [1.29, 1.82) is 0 Å². The summed E-state index contributed by atoms with van der Waals surface area (Å²) >= 11 is 0. The summed E-state index contributed by atoms with van der Waals surface area (Å²) in [6, 6.07) is 9.46. The summed E-state index contributed by atoms with van der Waals surface area (Å²) in [7, 11) is 3.50. The first-order valence-corrected chi connectivity index (χ1v) is 13.8. The van der Waals surface area contributed by atoms with Gasteiger partial charge in [-0.2, -0.15) is 0 Å². The Balaban J connectivity index is 1.59. The number of amides is 2. The fourth-order valence-corrected chi connectivity index (χ4v) is 5.48. The van der Waals surface area contributed by atoms with E-state index in [9.17, 15) is 9.59 Å². The molecule has 0 unspecified atom stereocenters. The molecule has 1 N–H and O–H groups in total. The Labute approximate surface area is 226 Å². The number of carbonyl (C=O) groups is 2. The van der Waals surface area contributed by atoms with Gasteiger partial charge in [0.25, 0.3) is 5.91 Å². The van der Waals surface area contributed by atoms with Crippen LogP contribution in [0.5, 0.6) is 5.75 Å². The van der Waals surface area contributed by atoms with Crippen LogP contribution in [0.1, 0.15) is 61.9 Å². The molecule has 2 aromatic rings. The minimum absolute atomic E-state index is 0.0486. The lowest BCUT2D eigenvalue weighted by Crippen LogP contribution is -2.46. The molecule has 3 atom stereocenters. The second-order valence-electron chi connectivity index (χ2n) is 10.9. The number of nitrogens with one attached hydrogen (secondary N) is 1. The first-order chi connectivity index (χ1) is 18.4. The third-order valence-corrected chi connectivity index (χ3v) is 7.93. The summed E-state index contributed by atoms with van der Waals surface area (Å²) in [6.45, 7) is 6.68. The van der Waals surface area contributed by atoms with Crippen molar-refractivity contribution in [2.24, 2.45) is 11.8 Å². The summed E-state index contributed by atoms with van der Waals surface area (Å²) in [4.78, 5) is 34.7. The van der Waals surface area contributed by atoms with Gasteiger partial charge in [0.15, 0.2) is 0 Å². The lowest BCUT2D eigenvalue weighted by Gasteiger charge is -2.36. The Morgan fingerprint density at radius 3 is 2.66 bits per heavy atom. The zero-order chi connectivity index (χ0) is 27.1. The standard InChI is InChI=1S/C30H42N4O4/c1-21-17-34(18-23-9-8-14-31-16-23)22(2)20-38-27-15-25(32-29(35)24-10-6-5-7-11-24)12-13-26(27)30(36)33(3)19-28(21)37-4/h8-9,12-16,21-22,24,28H,5-7,10-11,17-20H2,1-4H3,(H,32,35)/t21-,22-,28+/m0/s1. The van der Waals surface area contributed by atoms with Crippen molar-refractivity contribution in [2.45, 2.75) is 64.6 Å². The Bertz CT molecular complexity index is 1070. The van der Waals surface area contributed by atoms with E-state index in [1.54, 1.807) is 43.5 Å². The molecule has 2 heterocycles. The molecule has 1 aromatic carbocycles. The molecular weight excluding hydrogens is 480 g/mol. The van der Waals surface area contributed by atoms with Crippen molar-refractivity contribution < 1.29 is 19.1 Å². The van der Waals surface area contributed by atoms with Crippen molar-refractivity contribution >= 4 is 17.5 Å². The Morgan fingerprint density at radius 2 is 1.95 bits per heavy atom. The summed E-state index contributed by atoms with van der Waals surface area (Å²) in [6.07, 6.45) is 8.81. The normalized spacial score (nSPS) is 24.1. The van der Waals surface area contributed by atoms with E-state index in [-0.39, 0.29) is 35.8 Å². The van der Waals surface area contributed by atoms with Gasteiger partial charge in [0.1, 0.15) is 12.4 Å². The fourth-order valence-electron chi connectivity index (χ4n) is 5.48. The van der Waals surface area contributed by atoms with Crippen LogP contribution in [-0.2, 0) is 16.1 Å². The molecule has 4 rings (SSSR count). The maximum Gasteiger partial charge on any atom is 0.257 e. The summed E-state index contributed by atoms with van der Waals surface area (Å²) in [5.41, 5.74) is 2.27. The van der Waals surface area contributed by atoms with Crippen LogP contribution in [0.25, 0.3) is 0 Å². The molecule has 38 heavy (non-hydrogen) atoms. The van der Waals surface area contributed by atoms with Crippen molar-refractivity contribution in [3.05, 3.63) is 53.9 Å². The number of pyridine rings is 1. The minimum atomic E-state index is -0.125. The number of hydrogen-bond donors (Lipinski definition) is 1. The molecule has 0 saturated heterocycles. The smallest absolute Gasteiger partial charge is 0.257 e. The van der Waals surface area contributed by atoms with Gasteiger partial charge in [-0.15, -0.1) is 0 Å². The lowest BCUT2D eigenvalue weighted by atomic mass is 9.88. The second kappa shape index (κ2) is 13.2. The van der Waals surface area contributed by atoms with E-state index in [1.807, 2.05) is 12.3 Å². The highest BCUT2D eigenvalue weighted by molar-refractivity contribution is 5.98. The Hall–Kier alpha value is -2.97. The number of ether oxygens (including phenoxy) is 2. The molecule has 1 aromatic heterocycles. The summed E-state index contributed by atoms with van der Waals surface area (Å²) < 4.78 is 12.2. The number of likely N-dealkylation sites (N-methyl/N-ethyl adjacent to an activating group) is 1. The molecule has 8 nitrogen and oxygen atoms in total. The third-order valence-electron chi connectivity index (χ3n) is 7.93. The number of aromatic nitrogens is 1. The zero-order valence-corrected chi connectivity index (χ0v) is 23.2. The van der Waals surface area contributed by atoms with Crippen molar-refractivity contribution in [1.82, 2.24) is 14.8 Å². The molecular formula is C30H42N4O4. The van der Waals surface area contributed by atoms with Crippen LogP contribution >= 0.6 is 0 Å². The van der Waals surface area contributed by atoms with Crippen molar-refractivity contribution in [2.75, 3.05) is 39.2 Å². The van der Waals surface area contributed by atoms with E-state index in [0.717, 1.165) is 44.3 Å². The quantitative estimate of drug-likeness (QED) is 0.618. The minimum Gasteiger partial charge on any atom is -0.491 e. The molecule has 0 bridgehead atoms. The van der Waals surface area contributed by atoms with Crippen molar-refractivity contribution in [3.63, 3.8) is 0 Å². The Kier molecular flexibility index (Phi) is 9.74. The molecule has 206 valence electrons. The van der Waals surface area contributed by atoms with Gasteiger partial charge < -0.3 is 19.7 Å². The predicted octanol–water partition coefficient (Wildman–Crippen LogP) is 4.61. The predicted molar refractivity (Wildman–Crippen MR) is 148 cm³/mol. The number of rotatable bonds is 5. The van der Waals surface area contributed by atoms with Crippen molar-refractivity contribution in [3.8, 4) is 5.75 Å². The van der Waals surface area contributed by atoms with Crippen LogP contribution in [0.3, 0.4) is 0 Å². The van der Waals surface area contributed by atoms with E-state index in [4.69, 9.17) is 9.47 Å². The maximum absolute atomic E-state index is 13.5. The average molecular weight is 523 g/mol. The molecule has 1 saturated carbocycles. The van der Waals surface area contributed by atoms with Gasteiger partial charge in [-0.25, -0.2) is 0 Å². The van der Waals surface area contributed by atoms with Crippen LogP contribution in [0.15, 0.2) is 42.7 Å². The monoisotopic (exact) mass is 522 g/mol. The topological polar surface area (TPSA) is 84.0 Å². The molecule has 1 aliphatic carbocycles. The largest absolute Gasteiger partial charge is 0.491 e. The molecule has 2 amide bonds. The number of methoxy groups -OCH3 is 1. The highest BCUT2D eigenvalue weighted by atomic mass is 16.5. The molecule has 1 fully saturated rings. The lowest BCUT2D eigenvalue weighted by molar-refractivity contribution is -0.120. The highest BCUT2D eigenvalue weighted by Crippen LogP contribution is 2.29. The third kappa shape index (κ3) is 7.11. The number of fused-ring (bicyclic) bond motifs is 1. The average Bonchev–Trinajstić information content (AvgIpc) is 2.94. The van der Waals surface area contributed by atoms with E-state index >= 15 is 0 Å². The number of nitrogens with zero attached hydrogens (tertiary/aromatic N) is 3. The second-order valence-corrected chi connectivity index (χ2v) is 10.9. The van der Waals surface area contributed by atoms with Crippen LogP contribution in [0.4, 0.5) is 5.69 Å². The number of hydrogen-bond acceptors (Lipinski definition) is 6. The SMILES string of the molecule is CO[C@@H]1CN(C)C(=O)c2ccc(NC(=O)C3CCCCC3)cc2OC[C@H](C)N(Cc2cccnc2)C[C@@H]1C. The van der Waals surface area contributed by atoms with Gasteiger partial charge in [-0.3, -0.25) is 19.5 Å². The number of carbonyl (C=O) groups excluding carboxylic acids is 2. The Morgan fingerprint density at radius 1 is 1.16 bits per heavy atom. The highest BCUT2D eigenvalue weighted by Gasteiger charge is 2.29. The van der Waals surface area contributed by atoms with E-state index in [2.05, 4.69) is 35.1 Å². The first kappa shape index (κ1) is 28.0. The van der Waals surface area contributed by atoms with E-state index in [1.165, 1.54) is 6.42 Å². The fraction of sp³-hybridized carbons (Fsp3) is 0.567. The van der Waals surface area contributed by atoms with E-state index < -0.39 is 0 Å². The molecule has 8 heteroatoms. The van der Waals surface area contributed by atoms with Crippen LogP contribution < -0.4 is 10.1 Å². The van der Waals surface area contributed by atoms with Gasteiger partial charge >= 0.3 is 0 Å². The van der Waals surface area contributed by atoms with Crippen LogP contribution in [-0.4, -0.2) is 72.6 Å². The van der Waals surface area contributed by atoms with Crippen LogP contribution in [0.2, 0.25) is 0 Å². The van der Waals surface area contributed by atoms with Gasteiger partial charge in [-0.05, 0) is 49.4 Å². The zero-order valence-electron chi connectivity index (χ0n) is 23.2. The van der Waals surface area contributed by atoms with Crippen LogP contribution in [0, 0.1) is 11.8 Å². The number of benzene rings is 1. The molecule has 0 spiro atoms. The van der Waals surface area contributed by atoms with E-state index in [0.29, 0.717) is 30.2 Å². The molecule has 2 aliphatic rings. The maximum atomic E-state index is 13.5. The van der Waals surface area contributed by atoms with Gasteiger partial charge in [0.2, 0.25) is 5.91 Å². The van der Waals surface area contributed by atoms with Gasteiger partial charge in [-0.1, -0.05) is 32.3 Å². The first-order valence-electron chi connectivity index (χ1n) is 13.8. The molecule has 0 radical (unpaired) electrons. The molecule has 1 aliphatic heterocycles. The summed E-state index contributed by atoms with van der Waals surface area (Å²) in [5.74, 6) is 0.645.